The molecule has 4 rings (SSSR count). The van der Waals surface area contributed by atoms with Gasteiger partial charge in [0.05, 0.1) is 9.86 Å². The number of aromatic amines is 1. The molecule has 0 spiro atoms. The van der Waals surface area contributed by atoms with E-state index >= 15 is 0 Å². The van der Waals surface area contributed by atoms with Gasteiger partial charge in [-0.1, -0.05) is 0 Å². The number of aromatic nitrogens is 2. The highest BCUT2D eigenvalue weighted by molar-refractivity contribution is 9.10. The molecule has 2 aliphatic heterocycles. The maximum Gasteiger partial charge on any atom is 0.341 e. The van der Waals surface area contributed by atoms with Crippen molar-refractivity contribution >= 4 is 38.8 Å². The van der Waals surface area contributed by atoms with E-state index < -0.39 is 11.4 Å². The van der Waals surface area contributed by atoms with Gasteiger partial charge >= 0.3 is 5.97 Å². The quantitative estimate of drug-likeness (QED) is 0.727. The number of nitrogens with one attached hydrogen (secondary N) is 2. The normalized spacial score (nSPS) is 23.0. The van der Waals surface area contributed by atoms with Crippen LogP contribution in [0.4, 0.5) is 5.82 Å². The monoisotopic (exact) mass is 378 g/mol. The smallest absolute Gasteiger partial charge is 0.341 e. The van der Waals surface area contributed by atoms with E-state index in [1.165, 1.54) is 6.20 Å². The summed E-state index contributed by atoms with van der Waals surface area (Å²) in [5, 5.41) is 12.9. The first-order chi connectivity index (χ1) is 11.0. The molecule has 0 unspecified atom stereocenters. The SMILES string of the molecule is Cc1c(Br)c(N2C[C@@H]3C[C@H]2CN3)nc2[nH]cc(C(=O)O)c(=O)c12. The summed E-state index contributed by atoms with van der Waals surface area (Å²) in [5.41, 5.74) is 0.358. The number of carbonyl (C=O) groups is 1. The third-order valence-corrected chi connectivity index (χ3v) is 5.69. The van der Waals surface area contributed by atoms with Gasteiger partial charge in [-0.25, -0.2) is 9.78 Å². The molecule has 120 valence electrons. The Labute approximate surface area is 139 Å². The van der Waals surface area contributed by atoms with E-state index in [1.54, 1.807) is 0 Å². The van der Waals surface area contributed by atoms with Crippen LogP contribution >= 0.6 is 15.9 Å². The summed E-state index contributed by atoms with van der Waals surface area (Å²) in [6.45, 7) is 3.63. The molecule has 8 heteroatoms. The van der Waals surface area contributed by atoms with Gasteiger partial charge in [-0.05, 0) is 34.8 Å². The minimum atomic E-state index is -1.24. The fourth-order valence-electron chi connectivity index (χ4n) is 3.56. The van der Waals surface area contributed by atoms with Crippen molar-refractivity contribution in [3.63, 3.8) is 0 Å². The van der Waals surface area contributed by atoms with E-state index in [1.807, 2.05) is 6.92 Å². The van der Waals surface area contributed by atoms with Gasteiger partial charge in [0, 0.05) is 31.4 Å². The molecular weight excluding hydrogens is 364 g/mol. The molecule has 2 aromatic rings. The first kappa shape index (κ1) is 14.6. The fourth-order valence-corrected chi connectivity index (χ4v) is 4.07. The molecule has 2 atom stereocenters. The minimum absolute atomic E-state index is 0.272. The van der Waals surface area contributed by atoms with Crippen molar-refractivity contribution in [3.05, 3.63) is 32.0 Å². The molecule has 2 fully saturated rings. The molecule has 0 aliphatic carbocycles. The van der Waals surface area contributed by atoms with Crippen LogP contribution in [0.5, 0.6) is 0 Å². The van der Waals surface area contributed by atoms with Gasteiger partial charge in [0.2, 0.25) is 5.43 Å². The lowest BCUT2D eigenvalue weighted by atomic mass is 10.1. The van der Waals surface area contributed by atoms with Crippen LogP contribution in [0.2, 0.25) is 0 Å². The van der Waals surface area contributed by atoms with Crippen LogP contribution in [0.1, 0.15) is 22.3 Å². The third kappa shape index (κ3) is 2.08. The molecule has 2 bridgehead atoms. The number of rotatable bonds is 2. The first-order valence-electron chi connectivity index (χ1n) is 7.42. The molecule has 0 amide bonds. The molecule has 7 nitrogen and oxygen atoms in total. The van der Waals surface area contributed by atoms with Crippen molar-refractivity contribution in [2.24, 2.45) is 0 Å². The number of piperazine rings is 1. The number of aryl methyl sites for hydroxylation is 1. The molecule has 0 aromatic carbocycles. The summed E-state index contributed by atoms with van der Waals surface area (Å²) >= 11 is 3.55. The van der Waals surface area contributed by atoms with Crippen molar-refractivity contribution in [3.8, 4) is 0 Å². The van der Waals surface area contributed by atoms with E-state index in [4.69, 9.17) is 5.11 Å². The Morgan fingerprint density at radius 1 is 1.52 bits per heavy atom. The zero-order chi connectivity index (χ0) is 16.3. The van der Waals surface area contributed by atoms with E-state index in [2.05, 4.69) is 36.1 Å². The van der Waals surface area contributed by atoms with Crippen LogP contribution in [-0.4, -0.2) is 46.2 Å². The van der Waals surface area contributed by atoms with Gasteiger partial charge in [0.1, 0.15) is 17.0 Å². The average Bonchev–Trinajstić information content (AvgIpc) is 3.13. The number of hydrogen-bond donors (Lipinski definition) is 3. The molecule has 2 aromatic heterocycles. The topological polar surface area (TPSA) is 98.3 Å². The van der Waals surface area contributed by atoms with Gasteiger partial charge in [0.25, 0.3) is 0 Å². The van der Waals surface area contributed by atoms with Gasteiger partial charge in [0.15, 0.2) is 0 Å². The molecule has 2 aliphatic rings. The largest absolute Gasteiger partial charge is 0.477 e. The second-order valence-electron chi connectivity index (χ2n) is 6.08. The number of H-pyrrole nitrogens is 1. The number of hydrogen-bond acceptors (Lipinski definition) is 5. The third-order valence-electron chi connectivity index (χ3n) is 4.74. The summed E-state index contributed by atoms with van der Waals surface area (Å²) < 4.78 is 0.755. The van der Waals surface area contributed by atoms with E-state index in [0.29, 0.717) is 28.7 Å². The van der Waals surface area contributed by atoms with Gasteiger partial charge < -0.3 is 20.3 Å². The van der Waals surface area contributed by atoms with Crippen LogP contribution in [0.15, 0.2) is 15.5 Å². The van der Waals surface area contributed by atoms with Crippen molar-refractivity contribution in [2.75, 3.05) is 18.0 Å². The van der Waals surface area contributed by atoms with Crippen LogP contribution in [-0.2, 0) is 0 Å². The number of carboxylic acid groups (broad SMARTS) is 1. The second-order valence-corrected chi connectivity index (χ2v) is 6.87. The second kappa shape index (κ2) is 5.04. The molecule has 0 saturated carbocycles. The first-order valence-corrected chi connectivity index (χ1v) is 8.21. The van der Waals surface area contributed by atoms with Gasteiger partial charge in [-0.3, -0.25) is 4.79 Å². The highest BCUT2D eigenvalue weighted by Gasteiger charge is 2.39. The van der Waals surface area contributed by atoms with Crippen molar-refractivity contribution < 1.29 is 9.90 Å². The zero-order valence-corrected chi connectivity index (χ0v) is 14.0. The maximum absolute atomic E-state index is 12.4. The maximum atomic E-state index is 12.4. The van der Waals surface area contributed by atoms with Crippen molar-refractivity contribution in [2.45, 2.75) is 25.4 Å². The Morgan fingerprint density at radius 3 is 2.91 bits per heavy atom. The Morgan fingerprint density at radius 2 is 2.30 bits per heavy atom. The Kier molecular flexibility index (Phi) is 3.21. The summed E-state index contributed by atoms with van der Waals surface area (Å²) in [5.74, 6) is -0.432. The Hall–Kier alpha value is -1.93. The molecule has 4 heterocycles. The average molecular weight is 379 g/mol. The summed E-state index contributed by atoms with van der Waals surface area (Å²) in [4.78, 5) is 33.3. The fraction of sp³-hybridized carbons (Fsp3) is 0.400. The number of carboxylic acids is 1. The molecule has 3 N–H and O–H groups in total. The van der Waals surface area contributed by atoms with Crippen LogP contribution < -0.4 is 15.6 Å². The number of pyridine rings is 2. The van der Waals surface area contributed by atoms with Crippen LogP contribution in [0.25, 0.3) is 11.0 Å². The number of fused-ring (bicyclic) bond motifs is 3. The van der Waals surface area contributed by atoms with E-state index in [-0.39, 0.29) is 5.56 Å². The highest BCUT2D eigenvalue weighted by atomic mass is 79.9. The number of nitrogens with zero attached hydrogens (tertiary/aromatic N) is 2. The molecule has 2 saturated heterocycles. The van der Waals surface area contributed by atoms with Gasteiger partial charge in [-0.15, -0.1) is 0 Å². The predicted molar refractivity (Wildman–Crippen MR) is 89.3 cm³/mol. The summed E-state index contributed by atoms with van der Waals surface area (Å²) in [7, 11) is 0. The Bertz CT molecular complexity index is 894. The molecule has 0 radical (unpaired) electrons. The molecule has 23 heavy (non-hydrogen) atoms. The lowest BCUT2D eigenvalue weighted by Gasteiger charge is -2.30. The number of aromatic carboxylic acids is 1. The number of halogens is 1. The summed E-state index contributed by atoms with van der Waals surface area (Å²) in [6, 6.07) is 0.892. The zero-order valence-electron chi connectivity index (χ0n) is 12.4. The van der Waals surface area contributed by atoms with E-state index in [0.717, 1.165) is 29.8 Å². The van der Waals surface area contributed by atoms with Crippen LogP contribution in [0.3, 0.4) is 0 Å². The van der Waals surface area contributed by atoms with Crippen molar-refractivity contribution in [1.82, 2.24) is 15.3 Å². The lowest BCUT2D eigenvalue weighted by Crippen LogP contribution is -2.44. The van der Waals surface area contributed by atoms with Gasteiger partial charge in [-0.2, -0.15) is 0 Å². The van der Waals surface area contributed by atoms with E-state index in [9.17, 15) is 9.59 Å². The lowest BCUT2D eigenvalue weighted by molar-refractivity contribution is 0.0695. The van der Waals surface area contributed by atoms with Crippen molar-refractivity contribution in [1.29, 1.82) is 0 Å². The minimum Gasteiger partial charge on any atom is -0.477 e. The Balaban J connectivity index is 1.92. The predicted octanol–water partition coefficient (Wildman–Crippen LogP) is 1.24. The van der Waals surface area contributed by atoms with Crippen LogP contribution in [0, 0.1) is 6.92 Å². The number of anilines is 1. The molecular formula is C15H15BrN4O3. The highest BCUT2D eigenvalue weighted by Crippen LogP contribution is 2.36. The standard InChI is InChI=1S/C15H15BrN4O3/c1-6-10-12(21)9(15(22)23)4-18-13(10)19-14(11(6)16)20-5-7-2-8(20)3-17-7/h4,7-8,17H,2-3,5H2,1H3,(H,22,23)(H,18,19,21)/t7-,8-/m0/s1. The summed E-state index contributed by atoms with van der Waals surface area (Å²) in [6.07, 6.45) is 2.31.